The number of hydrogen-bond donors (Lipinski definition) is 2. The first-order valence-electron chi connectivity index (χ1n) is 4.49. The van der Waals surface area contributed by atoms with Gasteiger partial charge in [0.15, 0.2) is 11.6 Å². The van der Waals surface area contributed by atoms with Crippen LogP contribution in [0.2, 0.25) is 0 Å². The average molecular weight is 183 g/mol. The molecule has 3 nitrogen and oxygen atoms in total. The zero-order chi connectivity index (χ0) is 9.64. The lowest BCUT2D eigenvalue weighted by molar-refractivity contribution is 0.146. The lowest BCUT2D eigenvalue weighted by Gasteiger charge is -2.41. The zero-order valence-electron chi connectivity index (χ0n) is 7.89. The van der Waals surface area contributed by atoms with Gasteiger partial charge in [-0.3, -0.25) is 5.10 Å². The minimum Gasteiger partial charge on any atom is -0.380 e. The van der Waals surface area contributed by atoms with Gasteiger partial charge >= 0.3 is 0 Å². The predicted octanol–water partition coefficient (Wildman–Crippen LogP) is 2.03. The van der Waals surface area contributed by atoms with Gasteiger partial charge in [0.25, 0.3) is 0 Å². The summed E-state index contributed by atoms with van der Waals surface area (Å²) in [5.41, 5.74) is 6.23. The highest BCUT2D eigenvalue weighted by Crippen LogP contribution is 2.50. The Labute approximate surface area is 76.5 Å². The van der Waals surface area contributed by atoms with Crippen LogP contribution < -0.4 is 5.73 Å². The van der Waals surface area contributed by atoms with Crippen molar-refractivity contribution in [1.29, 1.82) is 0 Å². The second-order valence-electron chi connectivity index (χ2n) is 4.61. The second kappa shape index (κ2) is 2.47. The molecule has 0 unspecified atom stereocenters. The molecule has 0 bridgehead atoms. The molecule has 1 aromatic heterocycles. The Kier molecular flexibility index (Phi) is 1.62. The summed E-state index contributed by atoms with van der Waals surface area (Å²) >= 11 is 0. The zero-order valence-corrected chi connectivity index (χ0v) is 7.89. The van der Waals surface area contributed by atoms with Crippen LogP contribution in [0.5, 0.6) is 0 Å². The maximum atomic E-state index is 13.3. The third kappa shape index (κ3) is 1.30. The van der Waals surface area contributed by atoms with Crippen molar-refractivity contribution in [1.82, 2.24) is 10.2 Å². The van der Waals surface area contributed by atoms with Crippen LogP contribution >= 0.6 is 0 Å². The summed E-state index contributed by atoms with van der Waals surface area (Å²) in [7, 11) is 0. The van der Waals surface area contributed by atoms with Gasteiger partial charge < -0.3 is 5.73 Å². The molecule has 1 fully saturated rings. The quantitative estimate of drug-likeness (QED) is 0.700. The topological polar surface area (TPSA) is 54.7 Å². The Hall–Kier alpha value is -1.06. The first-order chi connectivity index (χ1) is 5.99. The highest BCUT2D eigenvalue weighted by molar-refractivity contribution is 5.34. The normalized spacial score (nSPS) is 21.5. The molecular weight excluding hydrogens is 169 g/mol. The molecule has 0 spiro atoms. The summed E-state index contributed by atoms with van der Waals surface area (Å²) in [4.78, 5) is 0. The van der Waals surface area contributed by atoms with E-state index in [9.17, 15) is 4.39 Å². The van der Waals surface area contributed by atoms with E-state index in [4.69, 9.17) is 5.73 Å². The van der Waals surface area contributed by atoms with E-state index in [-0.39, 0.29) is 17.6 Å². The van der Waals surface area contributed by atoms with Crippen LogP contribution in [0.4, 0.5) is 10.2 Å². The molecule has 0 saturated heterocycles. The Morgan fingerprint density at radius 2 is 2.15 bits per heavy atom. The van der Waals surface area contributed by atoms with Gasteiger partial charge in [0.05, 0.1) is 5.69 Å². The van der Waals surface area contributed by atoms with E-state index in [1.807, 2.05) is 0 Å². The van der Waals surface area contributed by atoms with Gasteiger partial charge in [-0.25, -0.2) is 4.39 Å². The number of nitrogens with two attached hydrogens (primary N) is 1. The van der Waals surface area contributed by atoms with Gasteiger partial charge in [-0.1, -0.05) is 13.8 Å². The molecule has 2 rings (SSSR count). The highest BCUT2D eigenvalue weighted by atomic mass is 19.1. The van der Waals surface area contributed by atoms with Gasteiger partial charge in [0, 0.05) is 5.92 Å². The summed E-state index contributed by atoms with van der Waals surface area (Å²) in [5.74, 6) is -0.0972. The summed E-state index contributed by atoms with van der Waals surface area (Å²) in [5, 5.41) is 6.31. The summed E-state index contributed by atoms with van der Waals surface area (Å²) < 4.78 is 13.3. The number of H-pyrrole nitrogens is 1. The minimum absolute atomic E-state index is 0.0142. The fraction of sp³-hybridized carbons (Fsp3) is 0.667. The predicted molar refractivity (Wildman–Crippen MR) is 48.7 cm³/mol. The standard InChI is InChI=1S/C9H14FN3/c1-9(2)3-5(4-9)7-6(10)8(11)13-12-7/h5H,3-4H2,1-2H3,(H3,11,12,13). The number of aromatic amines is 1. The third-order valence-corrected chi connectivity index (χ3v) is 2.76. The number of anilines is 1. The molecule has 1 aromatic rings. The minimum atomic E-state index is -0.361. The van der Waals surface area contributed by atoms with Crippen molar-refractivity contribution < 1.29 is 4.39 Å². The lowest BCUT2D eigenvalue weighted by Crippen LogP contribution is -2.30. The largest absolute Gasteiger partial charge is 0.380 e. The Balaban J connectivity index is 2.16. The number of nitrogen functional groups attached to an aromatic ring is 1. The molecule has 0 aromatic carbocycles. The summed E-state index contributed by atoms with van der Waals surface area (Å²) in [6.07, 6.45) is 2.01. The first kappa shape index (κ1) is 8.53. The van der Waals surface area contributed by atoms with E-state index < -0.39 is 0 Å². The van der Waals surface area contributed by atoms with Crippen molar-refractivity contribution in [2.45, 2.75) is 32.6 Å². The molecule has 0 aliphatic heterocycles. The lowest BCUT2D eigenvalue weighted by atomic mass is 9.63. The molecule has 0 radical (unpaired) electrons. The van der Waals surface area contributed by atoms with Crippen molar-refractivity contribution in [3.8, 4) is 0 Å². The molecule has 72 valence electrons. The summed E-state index contributed by atoms with van der Waals surface area (Å²) in [6.45, 7) is 4.36. The Morgan fingerprint density at radius 3 is 2.54 bits per heavy atom. The average Bonchev–Trinajstić information content (AvgIpc) is 2.28. The molecule has 0 atom stereocenters. The van der Waals surface area contributed by atoms with Gasteiger partial charge in [0.1, 0.15) is 0 Å². The van der Waals surface area contributed by atoms with Crippen LogP contribution in [0, 0.1) is 11.2 Å². The maximum Gasteiger partial charge on any atom is 0.188 e. The molecule has 1 aliphatic carbocycles. The smallest absolute Gasteiger partial charge is 0.188 e. The van der Waals surface area contributed by atoms with Crippen LogP contribution in [0.1, 0.15) is 38.3 Å². The molecule has 0 amide bonds. The van der Waals surface area contributed by atoms with Crippen LogP contribution in [0.3, 0.4) is 0 Å². The van der Waals surface area contributed by atoms with Gasteiger partial charge in [-0.15, -0.1) is 0 Å². The number of hydrogen-bond acceptors (Lipinski definition) is 2. The second-order valence-corrected chi connectivity index (χ2v) is 4.61. The van der Waals surface area contributed by atoms with Gasteiger partial charge in [-0.05, 0) is 18.3 Å². The molecule has 3 N–H and O–H groups in total. The van der Waals surface area contributed by atoms with Crippen molar-refractivity contribution in [2.24, 2.45) is 5.41 Å². The fourth-order valence-corrected chi connectivity index (χ4v) is 2.11. The van der Waals surface area contributed by atoms with E-state index in [0.717, 1.165) is 12.8 Å². The highest BCUT2D eigenvalue weighted by Gasteiger charge is 2.39. The van der Waals surface area contributed by atoms with Crippen molar-refractivity contribution in [3.05, 3.63) is 11.5 Å². The Bertz CT molecular complexity index is 322. The van der Waals surface area contributed by atoms with Crippen LogP contribution in [-0.4, -0.2) is 10.2 Å². The molecule has 1 heterocycles. The number of nitrogens with zero attached hydrogens (tertiary/aromatic N) is 1. The molecule has 4 heteroatoms. The third-order valence-electron chi connectivity index (χ3n) is 2.76. The van der Waals surface area contributed by atoms with Crippen LogP contribution in [0.15, 0.2) is 0 Å². The summed E-state index contributed by atoms with van der Waals surface area (Å²) in [6, 6.07) is 0. The van der Waals surface area contributed by atoms with E-state index in [1.165, 1.54) is 0 Å². The molecule has 13 heavy (non-hydrogen) atoms. The Morgan fingerprint density at radius 1 is 1.54 bits per heavy atom. The van der Waals surface area contributed by atoms with Crippen molar-refractivity contribution in [2.75, 3.05) is 5.73 Å². The first-order valence-corrected chi connectivity index (χ1v) is 4.49. The van der Waals surface area contributed by atoms with Gasteiger partial charge in [-0.2, -0.15) is 5.10 Å². The fourth-order valence-electron chi connectivity index (χ4n) is 2.11. The monoisotopic (exact) mass is 183 g/mol. The number of rotatable bonds is 1. The molecular formula is C9H14FN3. The van der Waals surface area contributed by atoms with Crippen LogP contribution in [0.25, 0.3) is 0 Å². The van der Waals surface area contributed by atoms with E-state index in [0.29, 0.717) is 11.1 Å². The number of nitrogens with one attached hydrogen (secondary N) is 1. The van der Waals surface area contributed by atoms with Gasteiger partial charge in [0.2, 0.25) is 0 Å². The van der Waals surface area contributed by atoms with Crippen LogP contribution in [-0.2, 0) is 0 Å². The molecule has 1 aliphatic rings. The number of halogens is 1. The van der Waals surface area contributed by atoms with E-state index in [1.54, 1.807) is 0 Å². The van der Waals surface area contributed by atoms with E-state index in [2.05, 4.69) is 24.0 Å². The maximum absolute atomic E-state index is 13.3. The van der Waals surface area contributed by atoms with Crippen molar-refractivity contribution in [3.63, 3.8) is 0 Å². The number of aromatic nitrogens is 2. The molecule has 1 saturated carbocycles. The van der Waals surface area contributed by atoms with E-state index >= 15 is 0 Å². The van der Waals surface area contributed by atoms with Crippen molar-refractivity contribution >= 4 is 5.82 Å². The SMILES string of the molecule is CC1(C)CC(c2[nH]nc(N)c2F)C1.